The van der Waals surface area contributed by atoms with Crippen molar-refractivity contribution in [2.75, 3.05) is 6.61 Å². The Morgan fingerprint density at radius 1 is 1.27 bits per heavy atom. The SMILES string of the molecule is CCOC(=O)C(O)C1CCCCCCC1. The van der Waals surface area contributed by atoms with E-state index in [0.29, 0.717) is 6.61 Å². The van der Waals surface area contributed by atoms with Crippen LogP contribution >= 0.6 is 0 Å². The van der Waals surface area contributed by atoms with Crippen LogP contribution in [0.4, 0.5) is 0 Å². The van der Waals surface area contributed by atoms with Gasteiger partial charge in [0.05, 0.1) is 6.61 Å². The van der Waals surface area contributed by atoms with E-state index in [1.54, 1.807) is 6.92 Å². The van der Waals surface area contributed by atoms with Gasteiger partial charge in [-0.3, -0.25) is 0 Å². The average Bonchev–Trinajstić information content (AvgIpc) is 2.16. The highest BCUT2D eigenvalue weighted by atomic mass is 16.5. The smallest absolute Gasteiger partial charge is 0.335 e. The van der Waals surface area contributed by atoms with Gasteiger partial charge < -0.3 is 9.84 Å². The van der Waals surface area contributed by atoms with Gasteiger partial charge in [-0.1, -0.05) is 32.1 Å². The first kappa shape index (κ1) is 12.5. The average molecular weight is 214 g/mol. The molecule has 3 heteroatoms. The second-order valence-corrected chi connectivity index (χ2v) is 4.30. The molecule has 0 saturated heterocycles. The molecule has 1 atom stereocenters. The molecule has 88 valence electrons. The fraction of sp³-hybridized carbons (Fsp3) is 0.917. The minimum absolute atomic E-state index is 0.115. The summed E-state index contributed by atoms with van der Waals surface area (Å²) in [5.41, 5.74) is 0. The summed E-state index contributed by atoms with van der Waals surface area (Å²) in [7, 11) is 0. The topological polar surface area (TPSA) is 46.5 Å². The number of esters is 1. The number of aliphatic hydroxyl groups excluding tert-OH is 1. The molecule has 0 bridgehead atoms. The summed E-state index contributed by atoms with van der Waals surface area (Å²) in [6, 6.07) is 0. The Balaban J connectivity index is 2.40. The van der Waals surface area contributed by atoms with Gasteiger partial charge in [0.15, 0.2) is 6.10 Å². The summed E-state index contributed by atoms with van der Waals surface area (Å²) < 4.78 is 4.84. The molecule has 3 nitrogen and oxygen atoms in total. The van der Waals surface area contributed by atoms with Crippen LogP contribution in [-0.4, -0.2) is 23.8 Å². The van der Waals surface area contributed by atoms with Gasteiger partial charge >= 0.3 is 5.97 Å². The zero-order chi connectivity index (χ0) is 11.1. The molecule has 1 rings (SSSR count). The van der Waals surface area contributed by atoms with Gasteiger partial charge in [0.25, 0.3) is 0 Å². The first-order chi connectivity index (χ1) is 7.25. The minimum atomic E-state index is -0.900. The molecule has 0 aromatic carbocycles. The van der Waals surface area contributed by atoms with Gasteiger partial charge in [-0.25, -0.2) is 4.79 Å². The van der Waals surface area contributed by atoms with Crippen LogP contribution < -0.4 is 0 Å². The minimum Gasteiger partial charge on any atom is -0.464 e. The van der Waals surface area contributed by atoms with Crippen molar-refractivity contribution in [3.63, 3.8) is 0 Å². The molecule has 0 aromatic rings. The zero-order valence-corrected chi connectivity index (χ0v) is 9.58. The number of aliphatic hydroxyl groups is 1. The van der Waals surface area contributed by atoms with E-state index in [-0.39, 0.29) is 5.92 Å². The van der Waals surface area contributed by atoms with Crippen molar-refractivity contribution in [3.8, 4) is 0 Å². The summed E-state index contributed by atoms with van der Waals surface area (Å²) in [6.45, 7) is 2.12. The fourth-order valence-electron chi connectivity index (χ4n) is 2.22. The third kappa shape index (κ3) is 4.20. The maximum absolute atomic E-state index is 11.4. The molecular weight excluding hydrogens is 192 g/mol. The number of ether oxygens (including phenoxy) is 1. The molecule has 1 saturated carbocycles. The quantitative estimate of drug-likeness (QED) is 0.733. The van der Waals surface area contributed by atoms with Gasteiger partial charge in [0.2, 0.25) is 0 Å². The van der Waals surface area contributed by atoms with Crippen LogP contribution in [0.3, 0.4) is 0 Å². The third-order valence-corrected chi connectivity index (χ3v) is 3.12. The maximum Gasteiger partial charge on any atom is 0.335 e. The van der Waals surface area contributed by atoms with E-state index < -0.39 is 12.1 Å². The van der Waals surface area contributed by atoms with Crippen LogP contribution in [0.2, 0.25) is 0 Å². The van der Waals surface area contributed by atoms with Gasteiger partial charge in [-0.05, 0) is 25.7 Å². The first-order valence-electron chi connectivity index (χ1n) is 6.10. The molecule has 0 radical (unpaired) electrons. The Bertz CT molecular complexity index is 183. The normalized spacial score (nSPS) is 21.5. The van der Waals surface area contributed by atoms with Crippen molar-refractivity contribution in [2.24, 2.45) is 5.92 Å². The molecule has 1 fully saturated rings. The van der Waals surface area contributed by atoms with E-state index in [9.17, 15) is 9.90 Å². The Labute approximate surface area is 91.8 Å². The van der Waals surface area contributed by atoms with Gasteiger partial charge in [0.1, 0.15) is 0 Å². The first-order valence-corrected chi connectivity index (χ1v) is 6.10. The molecule has 0 heterocycles. The molecule has 1 aliphatic carbocycles. The molecule has 1 aliphatic rings. The highest BCUT2D eigenvalue weighted by molar-refractivity contribution is 5.74. The summed E-state index contributed by atoms with van der Waals surface area (Å²) in [4.78, 5) is 11.4. The second kappa shape index (κ2) is 6.83. The van der Waals surface area contributed by atoms with E-state index in [0.717, 1.165) is 25.7 Å². The predicted octanol–water partition coefficient (Wildman–Crippen LogP) is 2.27. The van der Waals surface area contributed by atoms with Crippen molar-refractivity contribution in [3.05, 3.63) is 0 Å². The summed E-state index contributed by atoms with van der Waals surface area (Å²) in [6.07, 6.45) is 7.02. The molecule has 15 heavy (non-hydrogen) atoms. The van der Waals surface area contributed by atoms with Gasteiger partial charge in [-0.2, -0.15) is 0 Å². The summed E-state index contributed by atoms with van der Waals surface area (Å²) in [5.74, 6) is -0.326. The predicted molar refractivity (Wildman–Crippen MR) is 58.4 cm³/mol. The number of hydrogen-bond acceptors (Lipinski definition) is 3. The molecule has 1 N–H and O–H groups in total. The standard InChI is InChI=1S/C12H22O3/c1-2-15-12(14)11(13)10-8-6-4-3-5-7-9-10/h10-11,13H,2-9H2,1H3. The molecule has 0 aliphatic heterocycles. The van der Waals surface area contributed by atoms with Crippen molar-refractivity contribution in [2.45, 2.75) is 58.0 Å². The lowest BCUT2D eigenvalue weighted by Crippen LogP contribution is -2.31. The number of carbonyl (C=O) groups excluding carboxylic acids is 1. The monoisotopic (exact) mass is 214 g/mol. The van der Waals surface area contributed by atoms with E-state index in [1.165, 1.54) is 19.3 Å². The Morgan fingerprint density at radius 3 is 2.33 bits per heavy atom. The number of rotatable bonds is 3. The van der Waals surface area contributed by atoms with Crippen molar-refractivity contribution in [1.29, 1.82) is 0 Å². The Kier molecular flexibility index (Phi) is 5.69. The number of carbonyl (C=O) groups is 1. The van der Waals surface area contributed by atoms with Crippen molar-refractivity contribution in [1.82, 2.24) is 0 Å². The lowest BCUT2D eigenvalue weighted by Gasteiger charge is -2.23. The third-order valence-electron chi connectivity index (χ3n) is 3.12. The fourth-order valence-corrected chi connectivity index (χ4v) is 2.22. The molecule has 0 aromatic heterocycles. The van der Waals surface area contributed by atoms with Crippen LogP contribution in [0.15, 0.2) is 0 Å². The Hall–Kier alpha value is -0.570. The molecule has 1 unspecified atom stereocenters. The molecule has 0 spiro atoms. The van der Waals surface area contributed by atoms with Crippen LogP contribution in [0, 0.1) is 5.92 Å². The number of hydrogen-bond donors (Lipinski definition) is 1. The van der Waals surface area contributed by atoms with Crippen molar-refractivity contribution >= 4 is 5.97 Å². The highest BCUT2D eigenvalue weighted by Gasteiger charge is 2.27. The summed E-state index contributed by atoms with van der Waals surface area (Å²) in [5, 5.41) is 9.82. The lowest BCUT2D eigenvalue weighted by atomic mass is 9.87. The Morgan fingerprint density at radius 2 is 1.80 bits per heavy atom. The van der Waals surface area contributed by atoms with Gasteiger partial charge in [-0.15, -0.1) is 0 Å². The van der Waals surface area contributed by atoms with E-state index >= 15 is 0 Å². The molecule has 0 amide bonds. The lowest BCUT2D eigenvalue weighted by molar-refractivity contribution is -0.156. The van der Waals surface area contributed by atoms with Gasteiger partial charge in [0, 0.05) is 0 Å². The largest absolute Gasteiger partial charge is 0.464 e. The maximum atomic E-state index is 11.4. The van der Waals surface area contributed by atoms with Crippen LogP contribution in [0.1, 0.15) is 51.9 Å². The van der Waals surface area contributed by atoms with E-state index in [2.05, 4.69) is 0 Å². The van der Waals surface area contributed by atoms with Crippen LogP contribution in [0.5, 0.6) is 0 Å². The van der Waals surface area contributed by atoms with E-state index in [1.807, 2.05) is 0 Å². The summed E-state index contributed by atoms with van der Waals surface area (Å²) >= 11 is 0. The zero-order valence-electron chi connectivity index (χ0n) is 9.58. The van der Waals surface area contributed by atoms with Crippen molar-refractivity contribution < 1.29 is 14.6 Å². The second-order valence-electron chi connectivity index (χ2n) is 4.30. The van der Waals surface area contributed by atoms with E-state index in [4.69, 9.17) is 4.74 Å². The highest BCUT2D eigenvalue weighted by Crippen LogP contribution is 2.25. The van der Waals surface area contributed by atoms with Crippen LogP contribution in [0.25, 0.3) is 0 Å². The molecular formula is C12H22O3. The van der Waals surface area contributed by atoms with Crippen LogP contribution in [-0.2, 0) is 9.53 Å².